The van der Waals surface area contributed by atoms with Gasteiger partial charge in [0.25, 0.3) is 0 Å². The molecule has 0 N–H and O–H groups in total. The van der Waals surface area contributed by atoms with Crippen molar-refractivity contribution in [1.29, 1.82) is 0 Å². The lowest BCUT2D eigenvalue weighted by Crippen LogP contribution is -2.44. The number of hydrogen-bond donors (Lipinski definition) is 0. The third-order valence-electron chi connectivity index (χ3n) is 4.26. The SMILES string of the molecule is C[C@]1(F)C(Cl)OC(COC(=O)c2ccccc2)C1OC(=O)c1ccccc1. The van der Waals surface area contributed by atoms with Crippen molar-refractivity contribution >= 4 is 23.5 Å². The van der Waals surface area contributed by atoms with Gasteiger partial charge in [-0.05, 0) is 31.2 Å². The Kier molecular flexibility index (Phi) is 5.77. The van der Waals surface area contributed by atoms with Crippen LogP contribution < -0.4 is 0 Å². The summed E-state index contributed by atoms with van der Waals surface area (Å²) in [6.07, 6.45) is -2.35. The van der Waals surface area contributed by atoms with Gasteiger partial charge < -0.3 is 14.2 Å². The second kappa shape index (κ2) is 8.06. The molecular weight excluding hydrogens is 375 g/mol. The Balaban J connectivity index is 1.69. The zero-order chi connectivity index (χ0) is 19.4. The molecule has 3 rings (SSSR count). The summed E-state index contributed by atoms with van der Waals surface area (Å²) in [5.41, 5.74) is -2.87. The Morgan fingerprint density at radius 2 is 1.56 bits per heavy atom. The summed E-state index contributed by atoms with van der Waals surface area (Å²) in [6, 6.07) is 16.5. The van der Waals surface area contributed by atoms with E-state index in [1.807, 2.05) is 0 Å². The average molecular weight is 393 g/mol. The first kappa shape index (κ1) is 19.3. The minimum Gasteiger partial charge on any atom is -0.459 e. The third kappa shape index (κ3) is 4.28. The van der Waals surface area contributed by atoms with Gasteiger partial charge in [0.05, 0.1) is 11.1 Å². The van der Waals surface area contributed by atoms with Crippen molar-refractivity contribution in [2.75, 3.05) is 6.61 Å². The lowest BCUT2D eigenvalue weighted by molar-refractivity contribution is -0.0423. The van der Waals surface area contributed by atoms with Crippen LogP contribution in [0.1, 0.15) is 27.6 Å². The number of benzene rings is 2. The summed E-state index contributed by atoms with van der Waals surface area (Å²) in [5.74, 6) is -1.30. The Morgan fingerprint density at radius 1 is 1.04 bits per heavy atom. The Hall–Kier alpha value is -2.44. The van der Waals surface area contributed by atoms with Crippen molar-refractivity contribution < 1.29 is 28.2 Å². The molecule has 0 bridgehead atoms. The topological polar surface area (TPSA) is 61.8 Å². The maximum atomic E-state index is 15.0. The number of carbonyl (C=O) groups is 2. The van der Waals surface area contributed by atoms with Crippen LogP contribution in [0.15, 0.2) is 60.7 Å². The van der Waals surface area contributed by atoms with Crippen LogP contribution in [-0.4, -0.2) is 42.0 Å². The lowest BCUT2D eigenvalue weighted by atomic mass is 10.0. The second-order valence-electron chi connectivity index (χ2n) is 6.30. The molecule has 1 saturated heterocycles. The number of alkyl halides is 2. The quantitative estimate of drug-likeness (QED) is 0.572. The molecule has 2 aromatic rings. The van der Waals surface area contributed by atoms with Crippen LogP contribution in [0.5, 0.6) is 0 Å². The Bertz CT molecular complexity index is 797. The normalized spacial score (nSPS) is 27.1. The standard InChI is InChI=1S/C20H18ClFO5/c1-20(22)16(27-18(24)14-10-6-3-7-11-14)15(26-19(20)21)12-25-17(23)13-8-4-2-5-9-13/h2-11,15-16,19H,12H2,1H3/t15?,16?,19?,20-/m1/s1. The van der Waals surface area contributed by atoms with Crippen molar-refractivity contribution in [2.24, 2.45) is 0 Å². The summed E-state index contributed by atoms with van der Waals surface area (Å²) >= 11 is 5.93. The molecule has 1 aliphatic heterocycles. The molecule has 0 amide bonds. The second-order valence-corrected chi connectivity index (χ2v) is 6.69. The average Bonchev–Trinajstić information content (AvgIpc) is 2.90. The van der Waals surface area contributed by atoms with Crippen LogP contribution in [0, 0.1) is 0 Å². The van der Waals surface area contributed by atoms with E-state index in [1.165, 1.54) is 6.92 Å². The van der Waals surface area contributed by atoms with E-state index in [0.29, 0.717) is 5.56 Å². The van der Waals surface area contributed by atoms with E-state index in [1.54, 1.807) is 60.7 Å². The van der Waals surface area contributed by atoms with Gasteiger partial charge >= 0.3 is 11.9 Å². The molecule has 1 fully saturated rings. The predicted octanol–water partition coefficient (Wildman–Crippen LogP) is 3.76. The highest BCUT2D eigenvalue weighted by Crippen LogP contribution is 2.39. The number of halogens is 2. The largest absolute Gasteiger partial charge is 0.459 e. The number of carbonyl (C=O) groups excluding carboxylic acids is 2. The van der Waals surface area contributed by atoms with E-state index in [-0.39, 0.29) is 12.2 Å². The third-order valence-corrected chi connectivity index (χ3v) is 4.79. The molecule has 4 atom stereocenters. The molecule has 3 unspecified atom stereocenters. The highest BCUT2D eigenvalue weighted by molar-refractivity contribution is 6.20. The zero-order valence-corrected chi connectivity index (χ0v) is 15.3. The molecule has 27 heavy (non-hydrogen) atoms. The van der Waals surface area contributed by atoms with Gasteiger partial charge in [0.2, 0.25) is 0 Å². The van der Waals surface area contributed by atoms with E-state index in [2.05, 4.69) is 0 Å². The fraction of sp³-hybridized carbons (Fsp3) is 0.300. The van der Waals surface area contributed by atoms with Gasteiger partial charge in [-0.15, -0.1) is 0 Å². The summed E-state index contributed by atoms with van der Waals surface area (Å²) in [7, 11) is 0. The summed E-state index contributed by atoms with van der Waals surface area (Å²) in [6.45, 7) is 0.885. The summed E-state index contributed by atoms with van der Waals surface area (Å²) in [4.78, 5) is 24.4. The van der Waals surface area contributed by atoms with Crippen LogP contribution >= 0.6 is 11.6 Å². The minimum absolute atomic E-state index is 0.270. The summed E-state index contributed by atoms with van der Waals surface area (Å²) in [5, 5.41) is 0. The van der Waals surface area contributed by atoms with Crippen LogP contribution in [0.2, 0.25) is 0 Å². The maximum absolute atomic E-state index is 15.0. The van der Waals surface area contributed by atoms with E-state index in [9.17, 15) is 14.0 Å². The van der Waals surface area contributed by atoms with Crippen LogP contribution in [0.4, 0.5) is 4.39 Å². The van der Waals surface area contributed by atoms with E-state index < -0.39 is 35.4 Å². The monoisotopic (exact) mass is 392 g/mol. The molecule has 2 aromatic carbocycles. The predicted molar refractivity (Wildman–Crippen MR) is 96.4 cm³/mol. The van der Waals surface area contributed by atoms with Gasteiger partial charge in [0.1, 0.15) is 12.7 Å². The van der Waals surface area contributed by atoms with E-state index >= 15 is 0 Å². The molecule has 1 aliphatic rings. The first-order valence-corrected chi connectivity index (χ1v) is 8.80. The zero-order valence-electron chi connectivity index (χ0n) is 14.5. The van der Waals surface area contributed by atoms with E-state index in [0.717, 1.165) is 0 Å². The number of rotatable bonds is 5. The molecular formula is C20H18ClFO5. The van der Waals surface area contributed by atoms with Crippen molar-refractivity contribution in [3.8, 4) is 0 Å². The molecule has 0 spiro atoms. The molecule has 7 heteroatoms. The van der Waals surface area contributed by atoms with Gasteiger partial charge in [-0.25, -0.2) is 14.0 Å². The highest BCUT2D eigenvalue weighted by atomic mass is 35.5. The molecule has 5 nitrogen and oxygen atoms in total. The molecule has 1 heterocycles. The minimum atomic E-state index is -2.14. The first-order chi connectivity index (χ1) is 12.9. The van der Waals surface area contributed by atoms with Gasteiger partial charge in [0, 0.05) is 0 Å². The smallest absolute Gasteiger partial charge is 0.338 e. The molecule has 0 aromatic heterocycles. The number of ether oxygens (including phenoxy) is 3. The van der Waals surface area contributed by atoms with Crippen LogP contribution in [0.3, 0.4) is 0 Å². The number of hydrogen-bond acceptors (Lipinski definition) is 5. The summed E-state index contributed by atoms with van der Waals surface area (Å²) < 4.78 is 30.8. The van der Waals surface area contributed by atoms with Gasteiger partial charge in [-0.2, -0.15) is 0 Å². The van der Waals surface area contributed by atoms with Gasteiger partial charge in [-0.1, -0.05) is 48.0 Å². The van der Waals surface area contributed by atoms with Crippen molar-refractivity contribution in [2.45, 2.75) is 30.4 Å². The molecule has 0 aliphatic carbocycles. The van der Waals surface area contributed by atoms with Crippen LogP contribution in [-0.2, 0) is 14.2 Å². The van der Waals surface area contributed by atoms with Gasteiger partial charge in [0.15, 0.2) is 17.3 Å². The molecule has 0 saturated carbocycles. The molecule has 0 radical (unpaired) electrons. The van der Waals surface area contributed by atoms with E-state index in [4.69, 9.17) is 25.8 Å². The molecule has 142 valence electrons. The van der Waals surface area contributed by atoms with Gasteiger partial charge in [-0.3, -0.25) is 0 Å². The van der Waals surface area contributed by atoms with Crippen molar-refractivity contribution in [3.63, 3.8) is 0 Å². The van der Waals surface area contributed by atoms with Crippen molar-refractivity contribution in [3.05, 3.63) is 71.8 Å². The first-order valence-electron chi connectivity index (χ1n) is 8.36. The maximum Gasteiger partial charge on any atom is 0.338 e. The fourth-order valence-corrected chi connectivity index (χ4v) is 3.00. The Labute approximate surface area is 161 Å². The lowest BCUT2D eigenvalue weighted by Gasteiger charge is -2.25. The van der Waals surface area contributed by atoms with Crippen LogP contribution in [0.25, 0.3) is 0 Å². The highest BCUT2D eigenvalue weighted by Gasteiger charge is 2.56. The Morgan fingerprint density at radius 3 is 2.11 bits per heavy atom. The van der Waals surface area contributed by atoms with Crippen molar-refractivity contribution in [1.82, 2.24) is 0 Å². The fourth-order valence-electron chi connectivity index (χ4n) is 2.74. The number of esters is 2.